The second-order valence-electron chi connectivity index (χ2n) is 8.32. The number of thiocarbonyl (C=S) groups is 1. The Balaban J connectivity index is 1.49. The number of hydrogen-bond acceptors (Lipinski definition) is 6. The van der Waals surface area contributed by atoms with Crippen LogP contribution in [0.1, 0.15) is 11.1 Å². The molecule has 1 amide bonds. The molecule has 0 unspecified atom stereocenters. The average Bonchev–Trinajstić information content (AvgIpc) is 3.45. The van der Waals surface area contributed by atoms with Gasteiger partial charge in [0.1, 0.15) is 34.7 Å². The molecule has 4 aromatic rings. The number of carbonyl (C=O) groups excluding carboxylic acids is 1. The van der Waals surface area contributed by atoms with Crippen molar-refractivity contribution in [3.8, 4) is 22.7 Å². The normalized spacial score (nSPS) is 14.3. The summed E-state index contributed by atoms with van der Waals surface area (Å²) in [5, 5.41) is 13.9. The number of carboxylic acids is 1. The van der Waals surface area contributed by atoms with Crippen LogP contribution in [0.3, 0.4) is 0 Å². The number of amides is 1. The van der Waals surface area contributed by atoms with Gasteiger partial charge in [0.15, 0.2) is 0 Å². The van der Waals surface area contributed by atoms with Crippen molar-refractivity contribution in [3.63, 3.8) is 0 Å². The first-order valence-corrected chi connectivity index (χ1v) is 12.7. The van der Waals surface area contributed by atoms with E-state index in [1.807, 2.05) is 54.6 Å². The van der Waals surface area contributed by atoms with E-state index < -0.39 is 18.4 Å². The van der Waals surface area contributed by atoms with Gasteiger partial charge in [-0.15, -0.1) is 0 Å². The van der Waals surface area contributed by atoms with Gasteiger partial charge in [0, 0.05) is 17.3 Å². The zero-order valence-electron chi connectivity index (χ0n) is 19.8. The lowest BCUT2D eigenvalue weighted by Crippen LogP contribution is -2.33. The van der Waals surface area contributed by atoms with E-state index in [4.69, 9.17) is 27.2 Å². The Morgan fingerprint density at radius 2 is 1.84 bits per heavy atom. The summed E-state index contributed by atoms with van der Waals surface area (Å²) in [6.07, 6.45) is 3.48. The first-order chi connectivity index (χ1) is 18.4. The number of ether oxygens (including phenoxy) is 1. The van der Waals surface area contributed by atoms with Crippen molar-refractivity contribution >= 4 is 46.3 Å². The van der Waals surface area contributed by atoms with Crippen LogP contribution in [0.15, 0.2) is 90.0 Å². The minimum absolute atomic E-state index is 0.192. The summed E-state index contributed by atoms with van der Waals surface area (Å²) in [5.74, 6) is -1.31. The van der Waals surface area contributed by atoms with E-state index in [-0.39, 0.29) is 16.7 Å². The smallest absolute Gasteiger partial charge is 0.323 e. The molecule has 1 saturated heterocycles. The second kappa shape index (κ2) is 11.0. The van der Waals surface area contributed by atoms with Crippen LogP contribution < -0.4 is 4.74 Å². The Kier molecular flexibility index (Phi) is 7.34. The highest BCUT2D eigenvalue weighted by Gasteiger charge is 2.33. The maximum Gasteiger partial charge on any atom is 0.323 e. The molecule has 2 heterocycles. The first kappa shape index (κ1) is 25.4. The predicted molar refractivity (Wildman–Crippen MR) is 147 cm³/mol. The largest absolute Gasteiger partial charge is 0.489 e. The fourth-order valence-corrected chi connectivity index (χ4v) is 5.07. The summed E-state index contributed by atoms with van der Waals surface area (Å²) in [4.78, 5) is 25.5. The monoisotopic (exact) mass is 545 g/mol. The maximum atomic E-state index is 13.2. The summed E-state index contributed by atoms with van der Waals surface area (Å²) in [7, 11) is 0. The number of carbonyl (C=O) groups is 2. The van der Waals surface area contributed by atoms with E-state index in [1.165, 1.54) is 12.1 Å². The van der Waals surface area contributed by atoms with Gasteiger partial charge in [0.2, 0.25) is 0 Å². The van der Waals surface area contributed by atoms with E-state index in [0.717, 1.165) is 33.5 Å². The van der Waals surface area contributed by atoms with Gasteiger partial charge < -0.3 is 9.84 Å². The van der Waals surface area contributed by atoms with Gasteiger partial charge in [-0.1, -0.05) is 66.4 Å². The van der Waals surface area contributed by atoms with E-state index in [0.29, 0.717) is 21.9 Å². The molecule has 1 N–H and O–H groups in total. The van der Waals surface area contributed by atoms with E-state index in [2.05, 4.69) is 0 Å². The van der Waals surface area contributed by atoms with Crippen molar-refractivity contribution in [2.24, 2.45) is 0 Å². The van der Waals surface area contributed by atoms with E-state index in [1.54, 1.807) is 29.1 Å². The molecule has 0 atom stereocenters. The zero-order chi connectivity index (χ0) is 26.6. The minimum atomic E-state index is -1.14. The Bertz CT molecular complexity index is 1550. The number of halogens is 1. The van der Waals surface area contributed by atoms with Crippen molar-refractivity contribution < 1.29 is 23.8 Å². The Morgan fingerprint density at radius 1 is 1.08 bits per heavy atom. The number of benzene rings is 3. The van der Waals surface area contributed by atoms with Crippen molar-refractivity contribution in [1.29, 1.82) is 0 Å². The summed E-state index contributed by atoms with van der Waals surface area (Å²) in [6.45, 7) is -0.229. The predicted octanol–water partition coefficient (Wildman–Crippen LogP) is 5.54. The highest BCUT2D eigenvalue weighted by atomic mass is 32.2. The van der Waals surface area contributed by atoms with Crippen molar-refractivity contribution in [3.05, 3.63) is 107 Å². The molecule has 190 valence electrons. The number of rotatable bonds is 8. The molecule has 7 nitrogen and oxygen atoms in total. The number of carboxylic acid groups (broad SMARTS) is 1. The Morgan fingerprint density at radius 3 is 2.58 bits per heavy atom. The molecule has 38 heavy (non-hydrogen) atoms. The molecule has 0 spiro atoms. The highest BCUT2D eigenvalue weighted by Crippen LogP contribution is 2.35. The molecule has 0 saturated carbocycles. The lowest BCUT2D eigenvalue weighted by Gasteiger charge is -2.10. The fraction of sp³-hybridized carbons (Fsp3) is 0.0714. The Hall–Kier alpha value is -4.28. The zero-order valence-corrected chi connectivity index (χ0v) is 21.4. The molecule has 0 bridgehead atoms. The van der Waals surface area contributed by atoms with Crippen molar-refractivity contribution in [2.45, 2.75) is 6.61 Å². The van der Waals surface area contributed by atoms with Crippen LogP contribution in [-0.4, -0.2) is 42.5 Å². The standard InChI is InChI=1S/C28H20FN3O4S2/c29-21-11-9-18(10-12-21)17-36-23-8-4-5-19(13-23)26-20(15-32(30-26)22-6-2-1-3-7-22)14-24-27(35)31(16-25(33)34)28(37)38-24/h1-15H,16-17H2,(H,33,34)/b24-14+. The number of nitrogens with zero attached hydrogens (tertiary/aromatic N) is 3. The quantitative estimate of drug-likeness (QED) is 0.230. The number of aliphatic carboxylic acids is 1. The molecule has 3 aromatic carbocycles. The lowest BCUT2D eigenvalue weighted by molar-refractivity contribution is -0.140. The van der Waals surface area contributed by atoms with Crippen molar-refractivity contribution in [2.75, 3.05) is 6.54 Å². The molecule has 0 aliphatic carbocycles. The Labute approximate surface area is 227 Å². The second-order valence-corrected chi connectivity index (χ2v) is 9.99. The van der Waals surface area contributed by atoms with Gasteiger partial charge in [-0.05, 0) is 48.0 Å². The third kappa shape index (κ3) is 5.66. The fourth-order valence-electron chi connectivity index (χ4n) is 3.82. The number of aromatic nitrogens is 2. The maximum absolute atomic E-state index is 13.2. The molecular weight excluding hydrogens is 525 g/mol. The van der Waals surface area contributed by atoms with Crippen LogP contribution in [0, 0.1) is 5.82 Å². The third-order valence-corrected chi connectivity index (χ3v) is 7.02. The molecular formula is C28H20FN3O4S2. The van der Waals surface area contributed by atoms with E-state index in [9.17, 15) is 14.0 Å². The van der Waals surface area contributed by atoms with Crippen molar-refractivity contribution in [1.82, 2.24) is 14.7 Å². The summed E-state index contributed by atoms with van der Waals surface area (Å²) in [6, 6.07) is 23.0. The molecule has 1 aliphatic heterocycles. The number of hydrogen-bond donors (Lipinski definition) is 1. The SMILES string of the molecule is O=C(O)CN1C(=O)/C(=C\c2cn(-c3ccccc3)nc2-c2cccc(OCc3ccc(F)cc3)c2)SC1=S. The molecule has 1 aromatic heterocycles. The molecule has 1 aliphatic rings. The van der Waals surface area contributed by atoms with Crippen LogP contribution in [0.5, 0.6) is 5.75 Å². The number of thioether (sulfide) groups is 1. The summed E-state index contributed by atoms with van der Waals surface area (Å²) < 4.78 is 21.0. The van der Waals surface area contributed by atoms with Gasteiger partial charge in [-0.2, -0.15) is 5.10 Å². The van der Waals surface area contributed by atoms with Crippen LogP contribution in [0.4, 0.5) is 4.39 Å². The minimum Gasteiger partial charge on any atom is -0.489 e. The van der Waals surface area contributed by atoms with Crippen LogP contribution in [0.25, 0.3) is 23.0 Å². The van der Waals surface area contributed by atoms with Gasteiger partial charge in [0.25, 0.3) is 5.91 Å². The van der Waals surface area contributed by atoms with E-state index >= 15 is 0 Å². The van der Waals surface area contributed by atoms with Gasteiger partial charge in [-0.3, -0.25) is 14.5 Å². The van der Waals surface area contributed by atoms with Gasteiger partial charge >= 0.3 is 5.97 Å². The first-order valence-electron chi connectivity index (χ1n) is 11.5. The molecule has 0 radical (unpaired) electrons. The van der Waals surface area contributed by atoms with Crippen LogP contribution >= 0.6 is 24.0 Å². The van der Waals surface area contributed by atoms with Gasteiger partial charge in [-0.25, -0.2) is 9.07 Å². The molecule has 10 heteroatoms. The summed E-state index contributed by atoms with van der Waals surface area (Å²) in [5.41, 5.74) is 3.67. The topological polar surface area (TPSA) is 84.7 Å². The lowest BCUT2D eigenvalue weighted by atomic mass is 10.1. The third-order valence-electron chi connectivity index (χ3n) is 5.64. The molecule has 5 rings (SSSR count). The summed E-state index contributed by atoms with van der Waals surface area (Å²) >= 11 is 6.29. The average molecular weight is 546 g/mol. The van der Waals surface area contributed by atoms with Crippen LogP contribution in [-0.2, 0) is 16.2 Å². The van der Waals surface area contributed by atoms with Crippen LogP contribution in [0.2, 0.25) is 0 Å². The number of para-hydroxylation sites is 1. The van der Waals surface area contributed by atoms with Gasteiger partial charge in [0.05, 0.1) is 10.6 Å². The highest BCUT2D eigenvalue weighted by molar-refractivity contribution is 8.26. The molecule has 1 fully saturated rings.